The van der Waals surface area contributed by atoms with Gasteiger partial charge in [-0.1, -0.05) is 25.1 Å². The summed E-state index contributed by atoms with van der Waals surface area (Å²) < 4.78 is 0. The standard InChI is InChI=1S/C16H17NOS2/c1-2-14-16(20-9-8-19-14)15(18)12-5-3-4-11-6-7-17-10-13(11)12/h3-7,10,14,16H,2,8-9H2,1H3. The number of hydrogen-bond donors (Lipinski definition) is 0. The monoisotopic (exact) mass is 303 g/mol. The lowest BCUT2D eigenvalue weighted by Crippen LogP contribution is -2.32. The Kier molecular flexibility index (Phi) is 4.32. The molecular weight excluding hydrogens is 286 g/mol. The summed E-state index contributed by atoms with van der Waals surface area (Å²) in [6.45, 7) is 2.18. The van der Waals surface area contributed by atoms with E-state index in [0.717, 1.165) is 34.3 Å². The number of hydrogen-bond acceptors (Lipinski definition) is 4. The van der Waals surface area contributed by atoms with Crippen LogP contribution < -0.4 is 0 Å². The quantitative estimate of drug-likeness (QED) is 0.800. The fourth-order valence-electron chi connectivity index (χ4n) is 2.63. The normalized spacial score (nSPS) is 22.9. The maximum atomic E-state index is 12.9. The summed E-state index contributed by atoms with van der Waals surface area (Å²) in [6, 6.07) is 7.91. The highest BCUT2D eigenvalue weighted by atomic mass is 32.2. The van der Waals surface area contributed by atoms with Crippen LogP contribution in [0, 0.1) is 0 Å². The molecule has 0 radical (unpaired) electrons. The molecular formula is C16H17NOS2. The number of pyridine rings is 1. The second-order valence-electron chi connectivity index (χ2n) is 4.88. The SMILES string of the molecule is CCC1SCCSC1C(=O)c1cccc2ccncc12. The first-order valence-electron chi connectivity index (χ1n) is 6.91. The third-order valence-corrected chi connectivity index (χ3v) is 6.91. The van der Waals surface area contributed by atoms with Gasteiger partial charge in [-0.25, -0.2) is 0 Å². The summed E-state index contributed by atoms with van der Waals surface area (Å²) in [7, 11) is 0. The molecule has 1 aliphatic heterocycles. The molecule has 0 spiro atoms. The van der Waals surface area contributed by atoms with Crippen molar-refractivity contribution >= 4 is 40.1 Å². The van der Waals surface area contributed by atoms with Crippen LogP contribution in [-0.4, -0.2) is 32.8 Å². The Bertz CT molecular complexity index is 623. The van der Waals surface area contributed by atoms with E-state index in [1.807, 2.05) is 54.0 Å². The van der Waals surface area contributed by atoms with Gasteiger partial charge in [-0.05, 0) is 17.9 Å². The Labute approximate surface area is 127 Å². The van der Waals surface area contributed by atoms with Crippen LogP contribution in [-0.2, 0) is 0 Å². The Morgan fingerprint density at radius 2 is 2.15 bits per heavy atom. The Balaban J connectivity index is 1.99. The molecule has 1 aromatic carbocycles. The van der Waals surface area contributed by atoms with Gasteiger partial charge in [0.05, 0.1) is 5.25 Å². The van der Waals surface area contributed by atoms with Crippen molar-refractivity contribution in [1.82, 2.24) is 4.98 Å². The number of carbonyl (C=O) groups excluding carboxylic acids is 1. The van der Waals surface area contributed by atoms with E-state index in [1.165, 1.54) is 0 Å². The number of Topliss-reactive ketones (excluding diaryl/α,β-unsaturated/α-hetero) is 1. The Morgan fingerprint density at radius 3 is 3.00 bits per heavy atom. The molecule has 1 aromatic heterocycles. The molecule has 0 amide bonds. The summed E-state index contributed by atoms with van der Waals surface area (Å²) in [5, 5.41) is 2.59. The van der Waals surface area contributed by atoms with E-state index in [1.54, 1.807) is 6.20 Å². The van der Waals surface area contributed by atoms with Crippen molar-refractivity contribution in [2.75, 3.05) is 11.5 Å². The third kappa shape index (κ3) is 2.59. The van der Waals surface area contributed by atoms with Crippen LogP contribution in [0.3, 0.4) is 0 Å². The van der Waals surface area contributed by atoms with E-state index < -0.39 is 0 Å². The molecule has 1 fully saturated rings. The maximum absolute atomic E-state index is 12.9. The molecule has 1 aliphatic rings. The van der Waals surface area contributed by atoms with Crippen LogP contribution in [0.4, 0.5) is 0 Å². The van der Waals surface area contributed by atoms with Crippen LogP contribution in [0.1, 0.15) is 23.7 Å². The number of carbonyl (C=O) groups is 1. The van der Waals surface area contributed by atoms with E-state index in [2.05, 4.69) is 11.9 Å². The highest BCUT2D eigenvalue weighted by Crippen LogP contribution is 2.36. The fourth-order valence-corrected chi connectivity index (χ4v) is 5.64. The van der Waals surface area contributed by atoms with Gasteiger partial charge in [0.2, 0.25) is 0 Å². The minimum absolute atomic E-state index is 0.0876. The van der Waals surface area contributed by atoms with Gasteiger partial charge in [0.25, 0.3) is 0 Å². The third-order valence-electron chi connectivity index (χ3n) is 3.66. The second-order valence-corrected chi connectivity index (χ2v) is 7.47. The number of benzene rings is 1. The van der Waals surface area contributed by atoms with Crippen molar-refractivity contribution < 1.29 is 4.79 Å². The molecule has 3 rings (SSSR count). The molecule has 0 bridgehead atoms. The molecule has 0 N–H and O–H groups in total. The Hall–Kier alpha value is -1.00. The maximum Gasteiger partial charge on any atom is 0.177 e. The summed E-state index contributed by atoms with van der Waals surface area (Å²) in [4.78, 5) is 17.1. The topological polar surface area (TPSA) is 30.0 Å². The van der Waals surface area contributed by atoms with Crippen LogP contribution in [0.15, 0.2) is 36.7 Å². The highest BCUT2D eigenvalue weighted by molar-refractivity contribution is 8.07. The van der Waals surface area contributed by atoms with Gasteiger partial charge in [-0.15, -0.1) is 11.8 Å². The number of nitrogens with zero attached hydrogens (tertiary/aromatic N) is 1. The minimum atomic E-state index is 0.0876. The first-order chi connectivity index (χ1) is 9.81. The lowest BCUT2D eigenvalue weighted by Gasteiger charge is -2.29. The molecule has 20 heavy (non-hydrogen) atoms. The number of rotatable bonds is 3. The average molecular weight is 303 g/mol. The van der Waals surface area contributed by atoms with Crippen molar-refractivity contribution in [3.8, 4) is 0 Å². The fraction of sp³-hybridized carbons (Fsp3) is 0.375. The van der Waals surface area contributed by atoms with Crippen molar-refractivity contribution in [3.63, 3.8) is 0 Å². The van der Waals surface area contributed by atoms with E-state index in [4.69, 9.17) is 0 Å². The van der Waals surface area contributed by atoms with E-state index in [9.17, 15) is 4.79 Å². The predicted octanol–water partition coefficient (Wildman–Crippen LogP) is 4.04. The molecule has 0 aliphatic carbocycles. The molecule has 0 saturated carbocycles. The number of thioether (sulfide) groups is 2. The van der Waals surface area contributed by atoms with Gasteiger partial charge in [-0.3, -0.25) is 9.78 Å². The summed E-state index contributed by atoms with van der Waals surface area (Å²) in [5.41, 5.74) is 0.828. The summed E-state index contributed by atoms with van der Waals surface area (Å²) in [5.74, 6) is 2.50. The number of ketones is 1. The number of fused-ring (bicyclic) bond motifs is 1. The van der Waals surface area contributed by atoms with Crippen molar-refractivity contribution in [3.05, 3.63) is 42.2 Å². The zero-order valence-corrected chi connectivity index (χ0v) is 13.0. The smallest absolute Gasteiger partial charge is 0.177 e. The molecule has 2 atom stereocenters. The van der Waals surface area contributed by atoms with Crippen LogP contribution in [0.25, 0.3) is 10.8 Å². The van der Waals surface area contributed by atoms with Gasteiger partial charge < -0.3 is 0 Å². The van der Waals surface area contributed by atoms with E-state index >= 15 is 0 Å². The molecule has 1 saturated heterocycles. The lowest BCUT2D eigenvalue weighted by molar-refractivity contribution is 0.0989. The van der Waals surface area contributed by atoms with Gasteiger partial charge in [0, 0.05) is 40.1 Å². The van der Waals surface area contributed by atoms with Gasteiger partial charge in [0.15, 0.2) is 5.78 Å². The predicted molar refractivity (Wildman–Crippen MR) is 88.9 cm³/mol. The molecule has 2 heterocycles. The van der Waals surface area contributed by atoms with Crippen LogP contribution >= 0.6 is 23.5 Å². The number of aromatic nitrogens is 1. The zero-order valence-electron chi connectivity index (χ0n) is 11.4. The minimum Gasteiger partial charge on any atom is -0.293 e. The van der Waals surface area contributed by atoms with Crippen molar-refractivity contribution in [1.29, 1.82) is 0 Å². The van der Waals surface area contributed by atoms with Crippen molar-refractivity contribution in [2.24, 2.45) is 0 Å². The first kappa shape index (κ1) is 14.0. The lowest BCUT2D eigenvalue weighted by atomic mass is 9.99. The molecule has 104 valence electrons. The van der Waals surface area contributed by atoms with Crippen LogP contribution in [0.2, 0.25) is 0 Å². The summed E-state index contributed by atoms with van der Waals surface area (Å²) >= 11 is 3.76. The van der Waals surface area contributed by atoms with E-state index in [0.29, 0.717) is 5.25 Å². The van der Waals surface area contributed by atoms with Gasteiger partial charge in [0.1, 0.15) is 0 Å². The van der Waals surface area contributed by atoms with Gasteiger partial charge in [-0.2, -0.15) is 11.8 Å². The molecule has 2 unspecified atom stereocenters. The molecule has 2 nitrogen and oxygen atoms in total. The van der Waals surface area contributed by atoms with Gasteiger partial charge >= 0.3 is 0 Å². The molecule has 4 heteroatoms. The largest absolute Gasteiger partial charge is 0.293 e. The summed E-state index contributed by atoms with van der Waals surface area (Å²) in [6.07, 6.45) is 4.64. The first-order valence-corrected chi connectivity index (χ1v) is 9.01. The average Bonchev–Trinajstić information content (AvgIpc) is 2.53. The van der Waals surface area contributed by atoms with E-state index in [-0.39, 0.29) is 11.0 Å². The zero-order chi connectivity index (χ0) is 13.9. The highest BCUT2D eigenvalue weighted by Gasteiger charge is 2.32. The molecule has 2 aromatic rings. The second kappa shape index (κ2) is 6.19. The van der Waals surface area contributed by atoms with Crippen molar-refractivity contribution in [2.45, 2.75) is 23.8 Å². The van der Waals surface area contributed by atoms with Crippen LogP contribution in [0.5, 0.6) is 0 Å². The Morgan fingerprint density at radius 1 is 1.30 bits per heavy atom.